The molecule has 144 valence electrons. The summed E-state index contributed by atoms with van der Waals surface area (Å²) in [6.07, 6.45) is 0. The molecule has 2 amide bonds. The zero-order valence-electron chi connectivity index (χ0n) is 16.1. The maximum absolute atomic E-state index is 12.0. The lowest BCUT2D eigenvalue weighted by molar-refractivity contribution is -0.114. The van der Waals surface area contributed by atoms with Crippen LogP contribution in [-0.4, -0.2) is 36.4 Å². The van der Waals surface area contributed by atoms with Gasteiger partial charge in [0.25, 0.3) is 0 Å². The van der Waals surface area contributed by atoms with Crippen molar-refractivity contribution in [3.8, 4) is 0 Å². The number of carbonyl (C=O) groups excluding carboxylic acids is 2. The van der Waals surface area contributed by atoms with Crippen LogP contribution in [0.1, 0.15) is 19.4 Å². The van der Waals surface area contributed by atoms with Crippen molar-refractivity contribution in [3.63, 3.8) is 0 Å². The number of anilines is 3. The zero-order chi connectivity index (χ0) is 19.6. The van der Waals surface area contributed by atoms with Crippen molar-refractivity contribution in [2.45, 2.75) is 20.8 Å². The number of hydrogen-bond donors (Lipinski definition) is 2. The van der Waals surface area contributed by atoms with Crippen LogP contribution in [0.4, 0.5) is 17.1 Å². The molecule has 2 aromatic rings. The summed E-state index contributed by atoms with van der Waals surface area (Å²) in [7, 11) is 0. The Labute approximate surface area is 165 Å². The molecule has 0 spiro atoms. The minimum Gasteiger partial charge on any atom is -0.372 e. The highest BCUT2D eigenvalue weighted by Crippen LogP contribution is 2.18. The molecule has 2 rings (SSSR count). The van der Waals surface area contributed by atoms with Crippen molar-refractivity contribution >= 4 is 40.6 Å². The van der Waals surface area contributed by atoms with E-state index in [1.54, 1.807) is 0 Å². The highest BCUT2D eigenvalue weighted by atomic mass is 32.2. The first-order chi connectivity index (χ1) is 13.0. The van der Waals surface area contributed by atoms with E-state index < -0.39 is 0 Å². The normalized spacial score (nSPS) is 10.3. The second kappa shape index (κ2) is 10.6. The number of nitrogens with zero attached hydrogens (tertiary/aromatic N) is 1. The fourth-order valence-corrected chi connectivity index (χ4v) is 3.23. The van der Waals surface area contributed by atoms with Crippen LogP contribution in [0.3, 0.4) is 0 Å². The Hall–Kier alpha value is -2.47. The first-order valence-corrected chi connectivity index (χ1v) is 10.3. The lowest BCUT2D eigenvalue weighted by Crippen LogP contribution is -2.21. The van der Waals surface area contributed by atoms with Crippen LogP contribution in [0, 0.1) is 6.92 Å². The van der Waals surface area contributed by atoms with Gasteiger partial charge in [-0.2, -0.15) is 0 Å². The first-order valence-electron chi connectivity index (χ1n) is 9.11. The molecule has 2 N–H and O–H groups in total. The summed E-state index contributed by atoms with van der Waals surface area (Å²) < 4.78 is 0. The summed E-state index contributed by atoms with van der Waals surface area (Å²) in [5.41, 5.74) is 3.81. The van der Waals surface area contributed by atoms with E-state index in [4.69, 9.17) is 0 Å². The molecule has 0 fully saturated rings. The van der Waals surface area contributed by atoms with Crippen molar-refractivity contribution in [2.75, 3.05) is 40.1 Å². The summed E-state index contributed by atoms with van der Waals surface area (Å²) in [6.45, 7) is 8.13. The number of nitrogens with one attached hydrogen (secondary N) is 2. The second-order valence-corrected chi connectivity index (χ2v) is 7.16. The number of hydrogen-bond acceptors (Lipinski definition) is 4. The van der Waals surface area contributed by atoms with Crippen LogP contribution in [0.5, 0.6) is 0 Å². The third-order valence-corrected chi connectivity index (χ3v) is 5.01. The van der Waals surface area contributed by atoms with Gasteiger partial charge in [-0.15, -0.1) is 11.8 Å². The third kappa shape index (κ3) is 6.98. The Kier molecular flexibility index (Phi) is 8.20. The molecule has 27 heavy (non-hydrogen) atoms. The first kappa shape index (κ1) is 20.8. The fourth-order valence-electron chi connectivity index (χ4n) is 2.61. The highest BCUT2D eigenvalue weighted by Gasteiger charge is 2.07. The fraction of sp³-hybridized carbons (Fsp3) is 0.333. The number of carbonyl (C=O) groups is 2. The van der Waals surface area contributed by atoms with Crippen molar-refractivity contribution < 1.29 is 9.59 Å². The van der Waals surface area contributed by atoms with Gasteiger partial charge in [-0.25, -0.2) is 0 Å². The van der Waals surface area contributed by atoms with Crippen molar-refractivity contribution in [1.29, 1.82) is 0 Å². The number of thioether (sulfide) groups is 1. The standard InChI is InChI=1S/C21H27N3O2S/c1-4-24(5-2)19-12-10-18(11-13-19)23-21(26)15-27-14-20(25)22-17-8-6-16(3)7-9-17/h6-13H,4-5,14-15H2,1-3H3,(H,22,25)(H,23,26). The molecule has 0 aliphatic carbocycles. The van der Waals surface area contributed by atoms with Gasteiger partial charge in [0.15, 0.2) is 0 Å². The number of amides is 2. The molecule has 5 nitrogen and oxygen atoms in total. The number of rotatable bonds is 9. The average molecular weight is 386 g/mol. The molecule has 0 aliphatic heterocycles. The van der Waals surface area contributed by atoms with E-state index in [1.165, 1.54) is 11.8 Å². The average Bonchev–Trinajstić information content (AvgIpc) is 2.66. The monoisotopic (exact) mass is 385 g/mol. The second-order valence-electron chi connectivity index (χ2n) is 6.17. The molecule has 0 saturated carbocycles. The van der Waals surface area contributed by atoms with Gasteiger partial charge in [-0.1, -0.05) is 17.7 Å². The third-order valence-electron chi connectivity index (χ3n) is 4.08. The van der Waals surface area contributed by atoms with E-state index >= 15 is 0 Å². The Morgan fingerprint density at radius 3 is 1.70 bits per heavy atom. The van der Waals surface area contributed by atoms with Crippen LogP contribution < -0.4 is 15.5 Å². The van der Waals surface area contributed by atoms with E-state index in [0.717, 1.165) is 35.7 Å². The minimum atomic E-state index is -0.112. The summed E-state index contributed by atoms with van der Waals surface area (Å²) in [5, 5.41) is 5.69. The Bertz CT molecular complexity index is 741. The van der Waals surface area contributed by atoms with Gasteiger partial charge in [0.05, 0.1) is 11.5 Å². The van der Waals surface area contributed by atoms with Gasteiger partial charge < -0.3 is 15.5 Å². The largest absolute Gasteiger partial charge is 0.372 e. The molecule has 0 radical (unpaired) electrons. The van der Waals surface area contributed by atoms with Crippen LogP contribution in [0.15, 0.2) is 48.5 Å². The van der Waals surface area contributed by atoms with Gasteiger partial charge in [0.1, 0.15) is 0 Å². The van der Waals surface area contributed by atoms with E-state index in [2.05, 4.69) is 29.4 Å². The molecule has 2 aromatic carbocycles. The predicted molar refractivity (Wildman–Crippen MR) is 116 cm³/mol. The maximum atomic E-state index is 12.0. The van der Waals surface area contributed by atoms with Crippen LogP contribution >= 0.6 is 11.8 Å². The topological polar surface area (TPSA) is 61.4 Å². The van der Waals surface area contributed by atoms with Crippen molar-refractivity contribution in [1.82, 2.24) is 0 Å². The van der Waals surface area contributed by atoms with E-state index in [1.807, 2.05) is 55.5 Å². The van der Waals surface area contributed by atoms with E-state index in [0.29, 0.717) is 0 Å². The van der Waals surface area contributed by atoms with Crippen molar-refractivity contribution in [3.05, 3.63) is 54.1 Å². The lowest BCUT2D eigenvalue weighted by Gasteiger charge is -2.21. The molecule has 6 heteroatoms. The zero-order valence-corrected chi connectivity index (χ0v) is 16.9. The lowest BCUT2D eigenvalue weighted by atomic mass is 10.2. The molecule has 0 atom stereocenters. The summed E-state index contributed by atoms with van der Waals surface area (Å²) in [4.78, 5) is 26.2. The van der Waals surface area contributed by atoms with Gasteiger partial charge in [0, 0.05) is 30.2 Å². The quantitative estimate of drug-likeness (QED) is 0.681. The molecular formula is C21H27N3O2S. The molecule has 0 unspecified atom stereocenters. The van der Waals surface area contributed by atoms with Gasteiger partial charge in [0.2, 0.25) is 11.8 Å². The minimum absolute atomic E-state index is 0.111. The summed E-state index contributed by atoms with van der Waals surface area (Å²) in [6, 6.07) is 15.4. The molecule has 0 saturated heterocycles. The summed E-state index contributed by atoms with van der Waals surface area (Å²) in [5.74, 6) is 0.250. The van der Waals surface area contributed by atoms with Gasteiger partial charge >= 0.3 is 0 Å². The van der Waals surface area contributed by atoms with E-state index in [-0.39, 0.29) is 23.3 Å². The van der Waals surface area contributed by atoms with E-state index in [9.17, 15) is 9.59 Å². The maximum Gasteiger partial charge on any atom is 0.234 e. The Morgan fingerprint density at radius 1 is 0.815 bits per heavy atom. The number of benzene rings is 2. The molecule has 0 bridgehead atoms. The predicted octanol–water partition coefficient (Wildman–Crippen LogP) is 4.15. The molecule has 0 aliphatic rings. The van der Waals surface area contributed by atoms with Crippen LogP contribution in [-0.2, 0) is 9.59 Å². The molecular weight excluding hydrogens is 358 g/mol. The number of aryl methyl sites for hydroxylation is 1. The molecule has 0 heterocycles. The van der Waals surface area contributed by atoms with Crippen LogP contribution in [0.2, 0.25) is 0 Å². The summed E-state index contributed by atoms with van der Waals surface area (Å²) >= 11 is 1.29. The van der Waals surface area contributed by atoms with Crippen LogP contribution in [0.25, 0.3) is 0 Å². The molecule has 0 aromatic heterocycles. The van der Waals surface area contributed by atoms with Gasteiger partial charge in [-0.3, -0.25) is 9.59 Å². The smallest absolute Gasteiger partial charge is 0.234 e. The SMILES string of the molecule is CCN(CC)c1ccc(NC(=O)CSCC(=O)Nc2ccc(C)cc2)cc1. The van der Waals surface area contributed by atoms with Crippen molar-refractivity contribution in [2.24, 2.45) is 0 Å². The Balaban J connectivity index is 1.72. The van der Waals surface area contributed by atoms with Gasteiger partial charge in [-0.05, 0) is 57.2 Å². The highest BCUT2D eigenvalue weighted by molar-refractivity contribution is 8.00. The Morgan fingerprint density at radius 2 is 1.26 bits per heavy atom.